The molecule has 3 rings (SSSR count). The second-order valence-corrected chi connectivity index (χ2v) is 9.18. The zero-order valence-electron chi connectivity index (χ0n) is 16.5. The van der Waals surface area contributed by atoms with Crippen molar-refractivity contribution < 1.29 is 9.59 Å². The van der Waals surface area contributed by atoms with Crippen molar-refractivity contribution >= 4 is 69.8 Å². The van der Waals surface area contributed by atoms with Crippen LogP contribution in [0.5, 0.6) is 0 Å². The lowest BCUT2D eigenvalue weighted by Crippen LogP contribution is -2.24. The second-order valence-electron chi connectivity index (χ2n) is 6.62. The van der Waals surface area contributed by atoms with E-state index in [1.807, 2.05) is 25.1 Å². The van der Waals surface area contributed by atoms with E-state index in [9.17, 15) is 9.59 Å². The summed E-state index contributed by atoms with van der Waals surface area (Å²) >= 11 is 19.5. The molecular formula is C23H19Cl3N2O2S. The summed E-state index contributed by atoms with van der Waals surface area (Å²) in [7, 11) is 0. The minimum atomic E-state index is -0.353. The quantitative estimate of drug-likeness (QED) is 0.337. The Morgan fingerprint density at radius 2 is 1.65 bits per heavy atom. The summed E-state index contributed by atoms with van der Waals surface area (Å²) in [6.45, 7) is 1.93. The Bertz CT molecular complexity index is 1110. The van der Waals surface area contributed by atoms with Crippen molar-refractivity contribution in [2.45, 2.75) is 23.5 Å². The standard InChI is InChI=1S/C23H19Cl3N2O2S/c1-2-21(23(30)28-20-12-16(25)9-10-19(20)26)31-18-8-4-7-17(13-18)27-22(29)14-5-3-6-15(24)11-14/h3-13,21H,2H2,1H3,(H,27,29)(H,28,30). The topological polar surface area (TPSA) is 58.2 Å². The molecule has 0 radical (unpaired) electrons. The molecule has 2 amide bonds. The van der Waals surface area contributed by atoms with Gasteiger partial charge < -0.3 is 10.6 Å². The number of carbonyl (C=O) groups excluding carboxylic acids is 2. The van der Waals surface area contributed by atoms with Crippen LogP contribution in [-0.4, -0.2) is 17.1 Å². The number of thioether (sulfide) groups is 1. The molecule has 0 bridgehead atoms. The van der Waals surface area contributed by atoms with Gasteiger partial charge in [0.1, 0.15) is 0 Å². The number of hydrogen-bond donors (Lipinski definition) is 2. The van der Waals surface area contributed by atoms with Gasteiger partial charge in [0.05, 0.1) is 16.0 Å². The highest BCUT2D eigenvalue weighted by Gasteiger charge is 2.19. The highest BCUT2D eigenvalue weighted by Crippen LogP contribution is 2.31. The van der Waals surface area contributed by atoms with Crippen molar-refractivity contribution in [2.24, 2.45) is 0 Å². The van der Waals surface area contributed by atoms with Crippen LogP contribution in [0.3, 0.4) is 0 Å². The number of benzene rings is 3. The molecule has 0 fully saturated rings. The number of halogens is 3. The van der Waals surface area contributed by atoms with Crippen LogP contribution in [0.4, 0.5) is 11.4 Å². The first-order valence-corrected chi connectivity index (χ1v) is 11.5. The van der Waals surface area contributed by atoms with Crippen LogP contribution in [0, 0.1) is 0 Å². The van der Waals surface area contributed by atoms with Crippen LogP contribution in [0.2, 0.25) is 15.1 Å². The summed E-state index contributed by atoms with van der Waals surface area (Å²) in [5, 5.41) is 6.74. The molecule has 0 aliphatic carbocycles. The molecule has 0 aliphatic heterocycles. The molecular weight excluding hydrogens is 475 g/mol. The minimum absolute atomic E-state index is 0.176. The average molecular weight is 494 g/mol. The number of hydrogen-bond acceptors (Lipinski definition) is 3. The van der Waals surface area contributed by atoms with Gasteiger partial charge in [-0.3, -0.25) is 9.59 Å². The van der Waals surface area contributed by atoms with Gasteiger partial charge in [0, 0.05) is 26.2 Å². The van der Waals surface area contributed by atoms with Crippen molar-refractivity contribution in [3.63, 3.8) is 0 Å². The van der Waals surface area contributed by atoms with Crippen molar-refractivity contribution in [3.05, 3.63) is 87.4 Å². The number of amides is 2. The molecule has 3 aromatic rings. The molecule has 31 heavy (non-hydrogen) atoms. The molecule has 1 unspecified atom stereocenters. The van der Waals surface area contributed by atoms with Crippen LogP contribution >= 0.6 is 46.6 Å². The van der Waals surface area contributed by atoms with Crippen LogP contribution in [0.15, 0.2) is 71.6 Å². The van der Waals surface area contributed by atoms with Crippen molar-refractivity contribution in [1.82, 2.24) is 0 Å². The lowest BCUT2D eigenvalue weighted by Gasteiger charge is -2.16. The summed E-state index contributed by atoms with van der Waals surface area (Å²) in [4.78, 5) is 26.1. The first kappa shape index (κ1) is 23.5. The molecule has 0 spiro atoms. The summed E-state index contributed by atoms with van der Waals surface area (Å²) in [5.74, 6) is -0.435. The number of nitrogens with one attached hydrogen (secondary N) is 2. The van der Waals surface area contributed by atoms with E-state index in [1.165, 1.54) is 11.8 Å². The van der Waals surface area contributed by atoms with E-state index in [-0.39, 0.29) is 17.1 Å². The van der Waals surface area contributed by atoms with Gasteiger partial charge in [-0.1, -0.05) is 53.9 Å². The van der Waals surface area contributed by atoms with Gasteiger partial charge in [-0.15, -0.1) is 11.8 Å². The van der Waals surface area contributed by atoms with E-state index in [4.69, 9.17) is 34.8 Å². The summed E-state index contributed by atoms with van der Waals surface area (Å²) in [5.41, 5.74) is 1.57. The monoisotopic (exact) mass is 492 g/mol. The molecule has 0 aliphatic rings. The molecule has 1 atom stereocenters. The van der Waals surface area contributed by atoms with Crippen molar-refractivity contribution in [3.8, 4) is 0 Å². The summed E-state index contributed by atoms with van der Waals surface area (Å²) in [6, 6.07) is 19.0. The molecule has 3 aromatic carbocycles. The smallest absolute Gasteiger partial charge is 0.255 e. The van der Waals surface area contributed by atoms with Gasteiger partial charge in [-0.05, 0) is 61.0 Å². The van der Waals surface area contributed by atoms with E-state index in [0.29, 0.717) is 38.4 Å². The Hall–Kier alpha value is -2.18. The Labute approximate surface area is 200 Å². The summed E-state index contributed by atoms with van der Waals surface area (Å²) in [6.07, 6.45) is 0.605. The Balaban J connectivity index is 1.68. The van der Waals surface area contributed by atoms with E-state index >= 15 is 0 Å². The third-order valence-electron chi connectivity index (χ3n) is 4.31. The Morgan fingerprint density at radius 1 is 0.903 bits per heavy atom. The summed E-state index contributed by atoms with van der Waals surface area (Å²) < 4.78 is 0. The highest BCUT2D eigenvalue weighted by molar-refractivity contribution is 8.00. The lowest BCUT2D eigenvalue weighted by atomic mass is 10.2. The van der Waals surface area contributed by atoms with Gasteiger partial charge in [-0.2, -0.15) is 0 Å². The lowest BCUT2D eigenvalue weighted by molar-refractivity contribution is -0.115. The van der Waals surface area contributed by atoms with E-state index in [2.05, 4.69) is 10.6 Å². The zero-order valence-corrected chi connectivity index (χ0v) is 19.6. The number of carbonyl (C=O) groups is 2. The zero-order chi connectivity index (χ0) is 22.4. The fourth-order valence-corrected chi connectivity index (χ4v) is 4.31. The van der Waals surface area contributed by atoms with Crippen LogP contribution in [0.25, 0.3) is 0 Å². The predicted octanol–water partition coefficient (Wildman–Crippen LogP) is 7.41. The second kappa shape index (κ2) is 10.9. The third kappa shape index (κ3) is 6.65. The van der Waals surface area contributed by atoms with E-state index in [1.54, 1.807) is 48.5 Å². The molecule has 8 heteroatoms. The van der Waals surface area contributed by atoms with Gasteiger partial charge in [0.15, 0.2) is 0 Å². The minimum Gasteiger partial charge on any atom is -0.324 e. The van der Waals surface area contributed by atoms with Gasteiger partial charge in [-0.25, -0.2) is 0 Å². The SMILES string of the molecule is CCC(Sc1cccc(NC(=O)c2cccc(Cl)c2)c1)C(=O)Nc1cc(Cl)ccc1Cl. The maximum Gasteiger partial charge on any atom is 0.255 e. The largest absolute Gasteiger partial charge is 0.324 e. The Morgan fingerprint density at radius 3 is 2.39 bits per heavy atom. The fraction of sp³-hybridized carbons (Fsp3) is 0.130. The first-order chi connectivity index (χ1) is 14.9. The predicted molar refractivity (Wildman–Crippen MR) is 131 cm³/mol. The molecule has 0 aromatic heterocycles. The maximum absolute atomic E-state index is 12.8. The average Bonchev–Trinajstić information content (AvgIpc) is 2.74. The van der Waals surface area contributed by atoms with Gasteiger partial charge >= 0.3 is 0 Å². The van der Waals surface area contributed by atoms with E-state index in [0.717, 1.165) is 4.90 Å². The fourth-order valence-electron chi connectivity index (χ4n) is 2.77. The molecule has 0 saturated heterocycles. The van der Waals surface area contributed by atoms with Crippen LogP contribution < -0.4 is 10.6 Å². The van der Waals surface area contributed by atoms with Crippen molar-refractivity contribution in [1.29, 1.82) is 0 Å². The Kier molecular flexibility index (Phi) is 8.27. The number of anilines is 2. The van der Waals surface area contributed by atoms with Crippen LogP contribution in [-0.2, 0) is 4.79 Å². The number of rotatable bonds is 7. The van der Waals surface area contributed by atoms with Gasteiger partial charge in [0.2, 0.25) is 5.91 Å². The normalized spacial score (nSPS) is 11.6. The molecule has 2 N–H and O–H groups in total. The third-order valence-corrected chi connectivity index (χ3v) is 6.46. The maximum atomic E-state index is 12.8. The molecule has 0 saturated carbocycles. The molecule has 160 valence electrons. The highest BCUT2D eigenvalue weighted by atomic mass is 35.5. The van der Waals surface area contributed by atoms with Crippen molar-refractivity contribution in [2.75, 3.05) is 10.6 Å². The molecule has 0 heterocycles. The van der Waals surface area contributed by atoms with E-state index < -0.39 is 0 Å². The molecule has 4 nitrogen and oxygen atoms in total. The van der Waals surface area contributed by atoms with Gasteiger partial charge in [0.25, 0.3) is 5.91 Å². The van der Waals surface area contributed by atoms with Crippen LogP contribution in [0.1, 0.15) is 23.7 Å². The first-order valence-electron chi connectivity index (χ1n) is 9.45.